The van der Waals surface area contributed by atoms with E-state index in [9.17, 15) is 0 Å². The fourth-order valence-electron chi connectivity index (χ4n) is 1.90. The van der Waals surface area contributed by atoms with Gasteiger partial charge in [0.1, 0.15) is 0 Å². The van der Waals surface area contributed by atoms with Crippen LogP contribution in [0.5, 0.6) is 0 Å². The maximum absolute atomic E-state index is 3.42. The molecule has 1 aliphatic heterocycles. The fourth-order valence-corrected chi connectivity index (χ4v) is 1.90. The summed E-state index contributed by atoms with van der Waals surface area (Å²) >= 11 is 0. The van der Waals surface area contributed by atoms with Gasteiger partial charge in [0, 0.05) is 18.3 Å². The number of hydrogen-bond acceptors (Lipinski definition) is 2. The summed E-state index contributed by atoms with van der Waals surface area (Å²) < 4.78 is 0. The molecule has 2 heteroatoms. The summed E-state index contributed by atoms with van der Waals surface area (Å²) in [6.07, 6.45) is 10.0. The highest BCUT2D eigenvalue weighted by Crippen LogP contribution is 2.20. The molecule has 80 valence electrons. The highest BCUT2D eigenvalue weighted by Gasteiger charge is 2.08. The van der Waals surface area contributed by atoms with Crippen LogP contribution in [-0.4, -0.2) is 20.1 Å². The monoisotopic (exact) mass is 202 g/mol. The van der Waals surface area contributed by atoms with Crippen molar-refractivity contribution in [1.82, 2.24) is 10.6 Å². The average molecular weight is 202 g/mol. The summed E-state index contributed by atoms with van der Waals surface area (Å²) in [4.78, 5) is 0. The predicted molar refractivity (Wildman–Crippen MR) is 63.5 cm³/mol. The normalized spacial score (nSPS) is 19.4. The minimum Gasteiger partial charge on any atom is -0.384 e. The summed E-state index contributed by atoms with van der Waals surface area (Å²) in [5.41, 5.74) is 7.32. The van der Waals surface area contributed by atoms with Crippen molar-refractivity contribution in [3.05, 3.63) is 40.8 Å². The van der Waals surface area contributed by atoms with Gasteiger partial charge in [-0.05, 0) is 44.0 Å². The maximum Gasteiger partial charge on any atom is 0.0451 e. The van der Waals surface area contributed by atoms with E-state index in [1.807, 2.05) is 7.05 Å². The van der Waals surface area contributed by atoms with Crippen molar-refractivity contribution in [3.8, 4) is 0 Å². The molecular formula is C13H18N2. The lowest BCUT2D eigenvalue weighted by molar-refractivity contribution is 0.685. The van der Waals surface area contributed by atoms with Gasteiger partial charge in [-0.2, -0.15) is 0 Å². The third-order valence-electron chi connectivity index (χ3n) is 2.82. The van der Waals surface area contributed by atoms with Crippen LogP contribution >= 0.6 is 0 Å². The first-order valence-electron chi connectivity index (χ1n) is 5.65. The summed E-state index contributed by atoms with van der Waals surface area (Å²) in [5.74, 6) is 0. The molecule has 0 amide bonds. The second kappa shape index (κ2) is 5.01. The van der Waals surface area contributed by atoms with Gasteiger partial charge in [0.05, 0.1) is 0 Å². The molecule has 2 rings (SSSR count). The highest BCUT2D eigenvalue weighted by molar-refractivity contribution is 5.40. The minimum absolute atomic E-state index is 1.01. The smallest absolute Gasteiger partial charge is 0.0451 e. The molecule has 0 bridgehead atoms. The molecule has 0 radical (unpaired) electrons. The van der Waals surface area contributed by atoms with Gasteiger partial charge in [0.2, 0.25) is 0 Å². The molecule has 0 aromatic rings. The van der Waals surface area contributed by atoms with Crippen molar-refractivity contribution >= 4 is 0 Å². The predicted octanol–water partition coefficient (Wildman–Crippen LogP) is 1.88. The fraction of sp³-hybridized carbons (Fsp3) is 0.462. The summed E-state index contributed by atoms with van der Waals surface area (Å²) in [5, 5.41) is 6.58. The van der Waals surface area contributed by atoms with E-state index >= 15 is 0 Å². The van der Waals surface area contributed by atoms with Crippen LogP contribution in [0, 0.1) is 0 Å². The molecule has 0 spiro atoms. The van der Waals surface area contributed by atoms with Crippen LogP contribution < -0.4 is 10.6 Å². The van der Waals surface area contributed by atoms with Crippen molar-refractivity contribution in [1.29, 1.82) is 0 Å². The van der Waals surface area contributed by atoms with E-state index in [1.165, 1.54) is 29.7 Å². The third-order valence-corrected chi connectivity index (χ3v) is 2.82. The zero-order valence-electron chi connectivity index (χ0n) is 9.27. The Bertz CT molecular complexity index is 355. The van der Waals surface area contributed by atoms with Crippen LogP contribution in [0.4, 0.5) is 0 Å². The summed E-state index contributed by atoms with van der Waals surface area (Å²) in [6.45, 7) is 2.11. The Labute approximate surface area is 91.4 Å². The van der Waals surface area contributed by atoms with Gasteiger partial charge in [0.25, 0.3) is 0 Å². The Balaban J connectivity index is 2.12. The Morgan fingerprint density at radius 3 is 3.27 bits per heavy atom. The van der Waals surface area contributed by atoms with E-state index in [0.717, 1.165) is 19.5 Å². The van der Waals surface area contributed by atoms with Gasteiger partial charge in [-0.3, -0.25) is 0 Å². The van der Waals surface area contributed by atoms with E-state index in [0.29, 0.717) is 0 Å². The molecular weight excluding hydrogens is 184 g/mol. The summed E-state index contributed by atoms with van der Waals surface area (Å²) in [6, 6.07) is 0. The van der Waals surface area contributed by atoms with E-state index in [-0.39, 0.29) is 0 Å². The van der Waals surface area contributed by atoms with Crippen molar-refractivity contribution < 1.29 is 0 Å². The Morgan fingerprint density at radius 1 is 1.47 bits per heavy atom. The van der Waals surface area contributed by atoms with Gasteiger partial charge in [-0.1, -0.05) is 12.2 Å². The average Bonchev–Trinajstić information content (AvgIpc) is 2.49. The molecule has 15 heavy (non-hydrogen) atoms. The molecule has 1 heterocycles. The van der Waals surface area contributed by atoms with Crippen LogP contribution in [0.25, 0.3) is 0 Å². The van der Waals surface area contributed by atoms with Crippen molar-refractivity contribution in [3.63, 3.8) is 0 Å². The van der Waals surface area contributed by atoms with E-state index in [2.05, 4.69) is 34.6 Å². The first-order valence-corrected chi connectivity index (χ1v) is 5.65. The SMILES string of the molecule is CNCCC1=C=CC2=C(C=C1)CCCN2. The topological polar surface area (TPSA) is 24.1 Å². The standard InChI is InChI=1S/C13H18N2/c1-14-10-8-11-4-6-12-3-2-9-15-13(12)7-5-11/h4,6-7,14-15H,2-3,8-10H2,1H3. The molecule has 2 N–H and O–H groups in total. The van der Waals surface area contributed by atoms with Crippen molar-refractivity contribution in [2.75, 3.05) is 20.1 Å². The highest BCUT2D eigenvalue weighted by atomic mass is 14.9. The first kappa shape index (κ1) is 10.3. The molecule has 0 saturated carbocycles. The van der Waals surface area contributed by atoms with E-state index in [4.69, 9.17) is 0 Å². The second-order valence-electron chi connectivity index (χ2n) is 3.97. The molecule has 1 aliphatic carbocycles. The largest absolute Gasteiger partial charge is 0.384 e. The van der Waals surface area contributed by atoms with E-state index in [1.54, 1.807) is 0 Å². The molecule has 0 unspecified atom stereocenters. The first-order chi connectivity index (χ1) is 7.40. The van der Waals surface area contributed by atoms with Crippen molar-refractivity contribution in [2.24, 2.45) is 0 Å². The molecule has 0 aromatic heterocycles. The number of allylic oxidation sites excluding steroid dienone is 4. The van der Waals surface area contributed by atoms with Crippen LogP contribution in [0.3, 0.4) is 0 Å². The van der Waals surface area contributed by atoms with Gasteiger partial charge < -0.3 is 10.6 Å². The molecule has 2 aliphatic rings. The lowest BCUT2D eigenvalue weighted by Crippen LogP contribution is -2.19. The molecule has 2 nitrogen and oxygen atoms in total. The molecule has 0 saturated heterocycles. The lowest BCUT2D eigenvalue weighted by atomic mass is 10.0. The van der Waals surface area contributed by atoms with Crippen LogP contribution in [0.2, 0.25) is 0 Å². The Hall–Kier alpha value is -1.24. The van der Waals surface area contributed by atoms with Gasteiger partial charge >= 0.3 is 0 Å². The minimum atomic E-state index is 1.01. The van der Waals surface area contributed by atoms with E-state index < -0.39 is 0 Å². The quantitative estimate of drug-likeness (QED) is 0.683. The second-order valence-corrected chi connectivity index (χ2v) is 3.97. The van der Waals surface area contributed by atoms with Gasteiger partial charge in [-0.25, -0.2) is 0 Å². The van der Waals surface area contributed by atoms with Gasteiger partial charge in [0.15, 0.2) is 0 Å². The third kappa shape index (κ3) is 2.62. The number of nitrogens with one attached hydrogen (secondary N) is 2. The van der Waals surface area contributed by atoms with Crippen LogP contribution in [0.15, 0.2) is 40.8 Å². The summed E-state index contributed by atoms with van der Waals surface area (Å²) in [7, 11) is 1.98. The molecule has 0 aromatic carbocycles. The number of hydrogen-bond donors (Lipinski definition) is 2. The Morgan fingerprint density at radius 2 is 2.40 bits per heavy atom. The van der Waals surface area contributed by atoms with Crippen LogP contribution in [-0.2, 0) is 0 Å². The molecule has 0 atom stereocenters. The Kier molecular flexibility index (Phi) is 3.44. The zero-order chi connectivity index (χ0) is 10.5. The van der Waals surface area contributed by atoms with Crippen LogP contribution in [0.1, 0.15) is 19.3 Å². The van der Waals surface area contributed by atoms with Crippen molar-refractivity contribution in [2.45, 2.75) is 19.3 Å². The van der Waals surface area contributed by atoms with Gasteiger partial charge in [-0.15, -0.1) is 5.73 Å². The maximum atomic E-state index is 3.42. The lowest BCUT2D eigenvalue weighted by Gasteiger charge is -2.16. The number of rotatable bonds is 3. The molecule has 0 fully saturated rings. The zero-order valence-corrected chi connectivity index (χ0v) is 9.27.